The minimum atomic E-state index is 0.00140. The van der Waals surface area contributed by atoms with Crippen LogP contribution in [0.2, 0.25) is 5.02 Å². The van der Waals surface area contributed by atoms with Gasteiger partial charge in [-0.1, -0.05) is 37.8 Å². The summed E-state index contributed by atoms with van der Waals surface area (Å²) in [6, 6.07) is 4.69. The second kappa shape index (κ2) is 7.69. The van der Waals surface area contributed by atoms with Crippen LogP contribution in [0.4, 0.5) is 5.69 Å². The number of carbonyl (C=O) groups is 1. The van der Waals surface area contributed by atoms with Gasteiger partial charge in [0.25, 0.3) is 0 Å². The molecule has 1 fully saturated rings. The highest BCUT2D eigenvalue weighted by Crippen LogP contribution is 2.33. The Balaban J connectivity index is 1.86. The van der Waals surface area contributed by atoms with Crippen LogP contribution in [0.15, 0.2) is 18.2 Å². The summed E-state index contributed by atoms with van der Waals surface area (Å²) < 4.78 is 0. The average molecular weight is 310 g/mol. The minimum Gasteiger partial charge on any atom is -0.506 e. The number of nitrogens with one attached hydrogen (secondary N) is 1. The predicted molar refractivity (Wildman–Crippen MR) is 86.7 cm³/mol. The molecule has 1 aromatic rings. The molecule has 2 N–H and O–H groups in total. The van der Waals surface area contributed by atoms with Gasteiger partial charge in [-0.2, -0.15) is 0 Å². The lowest BCUT2D eigenvalue weighted by Crippen LogP contribution is -2.27. The lowest BCUT2D eigenvalue weighted by molar-refractivity contribution is -0.121. The predicted octanol–water partition coefficient (Wildman–Crippen LogP) is 4.98. The third-order valence-corrected chi connectivity index (χ3v) is 4.64. The zero-order valence-electron chi connectivity index (χ0n) is 12.6. The highest BCUT2D eigenvalue weighted by molar-refractivity contribution is 6.31. The van der Waals surface area contributed by atoms with E-state index in [1.807, 2.05) is 0 Å². The monoisotopic (exact) mass is 309 g/mol. The fourth-order valence-electron chi connectivity index (χ4n) is 3.05. The molecule has 0 bridgehead atoms. The molecule has 0 saturated heterocycles. The zero-order valence-corrected chi connectivity index (χ0v) is 13.3. The smallest absolute Gasteiger partial charge is 0.227 e. The minimum absolute atomic E-state index is 0.00140. The van der Waals surface area contributed by atoms with Gasteiger partial charge in [-0.05, 0) is 49.8 Å². The Bertz CT molecular complexity index is 482. The van der Waals surface area contributed by atoms with Crippen LogP contribution >= 0.6 is 11.6 Å². The van der Waals surface area contributed by atoms with Crippen molar-refractivity contribution in [2.24, 2.45) is 11.8 Å². The lowest BCUT2D eigenvalue weighted by atomic mass is 9.79. The molecule has 0 aliphatic heterocycles. The summed E-state index contributed by atoms with van der Waals surface area (Å²) in [6.07, 6.45) is 7.99. The Morgan fingerprint density at radius 3 is 2.71 bits per heavy atom. The van der Waals surface area contributed by atoms with Gasteiger partial charge in [0, 0.05) is 10.9 Å². The first-order chi connectivity index (χ1) is 10.1. The number of anilines is 1. The Morgan fingerprint density at radius 1 is 1.33 bits per heavy atom. The number of benzene rings is 1. The van der Waals surface area contributed by atoms with Crippen molar-refractivity contribution in [3.05, 3.63) is 23.2 Å². The molecule has 0 heterocycles. The van der Waals surface area contributed by atoms with Crippen molar-refractivity contribution < 1.29 is 9.90 Å². The molecule has 4 heteroatoms. The maximum atomic E-state index is 12.3. The van der Waals surface area contributed by atoms with Crippen LogP contribution in [-0.4, -0.2) is 11.0 Å². The molecule has 0 unspecified atom stereocenters. The van der Waals surface area contributed by atoms with Gasteiger partial charge in [0.05, 0.1) is 5.69 Å². The molecule has 1 aliphatic rings. The second-order valence-electron chi connectivity index (χ2n) is 6.01. The molecule has 0 aromatic heterocycles. The highest BCUT2D eigenvalue weighted by atomic mass is 35.5. The zero-order chi connectivity index (χ0) is 15.2. The van der Waals surface area contributed by atoms with Gasteiger partial charge in [-0.15, -0.1) is 0 Å². The van der Waals surface area contributed by atoms with Crippen molar-refractivity contribution in [3.63, 3.8) is 0 Å². The second-order valence-corrected chi connectivity index (χ2v) is 6.45. The Labute approximate surface area is 131 Å². The van der Waals surface area contributed by atoms with E-state index >= 15 is 0 Å². The number of halogens is 1. The summed E-state index contributed by atoms with van der Waals surface area (Å²) in [4.78, 5) is 12.3. The Kier molecular flexibility index (Phi) is 5.92. The van der Waals surface area contributed by atoms with E-state index in [0.717, 1.165) is 31.6 Å². The largest absolute Gasteiger partial charge is 0.506 e. The van der Waals surface area contributed by atoms with Crippen molar-refractivity contribution in [3.8, 4) is 5.75 Å². The fraction of sp³-hybridized carbons (Fsp3) is 0.588. The summed E-state index contributed by atoms with van der Waals surface area (Å²) in [5.41, 5.74) is 0.403. The van der Waals surface area contributed by atoms with Crippen molar-refractivity contribution >= 4 is 23.2 Å². The van der Waals surface area contributed by atoms with Crippen molar-refractivity contribution in [2.45, 2.75) is 51.9 Å². The van der Waals surface area contributed by atoms with Gasteiger partial charge in [0.15, 0.2) is 0 Å². The topological polar surface area (TPSA) is 49.3 Å². The first-order valence-electron chi connectivity index (χ1n) is 7.89. The number of phenolic OH excluding ortho intramolecular Hbond substituents is 1. The molecular weight excluding hydrogens is 286 g/mol. The van der Waals surface area contributed by atoms with Gasteiger partial charge >= 0.3 is 0 Å². The molecule has 1 saturated carbocycles. The van der Waals surface area contributed by atoms with E-state index in [2.05, 4.69) is 12.2 Å². The number of rotatable bonds is 5. The summed E-state index contributed by atoms with van der Waals surface area (Å²) in [5, 5.41) is 13.1. The molecule has 0 radical (unpaired) electrons. The third kappa shape index (κ3) is 4.63. The number of aromatic hydroxyl groups is 1. The van der Waals surface area contributed by atoms with Gasteiger partial charge in [-0.3, -0.25) is 4.79 Å². The molecule has 21 heavy (non-hydrogen) atoms. The van der Waals surface area contributed by atoms with Gasteiger partial charge in [0.1, 0.15) is 5.75 Å². The van der Waals surface area contributed by atoms with E-state index in [-0.39, 0.29) is 17.6 Å². The molecule has 1 aliphatic carbocycles. The standard InChI is InChI=1S/C17H24ClNO2/c1-2-3-4-12-5-7-13(8-6-12)17(21)19-15-11-14(18)9-10-16(15)20/h9-13,20H,2-8H2,1H3,(H,19,21). The van der Waals surface area contributed by atoms with E-state index in [9.17, 15) is 9.90 Å². The molecule has 116 valence electrons. The number of hydrogen-bond donors (Lipinski definition) is 2. The molecule has 2 rings (SSSR count). The van der Waals surface area contributed by atoms with Crippen molar-refractivity contribution in [2.75, 3.05) is 5.32 Å². The highest BCUT2D eigenvalue weighted by Gasteiger charge is 2.26. The van der Waals surface area contributed by atoms with Gasteiger partial charge < -0.3 is 10.4 Å². The van der Waals surface area contributed by atoms with Crippen molar-refractivity contribution in [1.82, 2.24) is 0 Å². The summed E-state index contributed by atoms with van der Waals surface area (Å²) in [6.45, 7) is 2.22. The fourth-order valence-corrected chi connectivity index (χ4v) is 3.22. The van der Waals surface area contributed by atoms with Crippen molar-refractivity contribution in [1.29, 1.82) is 0 Å². The SMILES string of the molecule is CCCCC1CCC(C(=O)Nc2cc(Cl)ccc2O)CC1. The maximum absolute atomic E-state index is 12.3. The summed E-state index contributed by atoms with van der Waals surface area (Å²) in [7, 11) is 0. The van der Waals surface area contributed by atoms with Gasteiger partial charge in [0.2, 0.25) is 5.91 Å². The first-order valence-corrected chi connectivity index (χ1v) is 8.27. The van der Waals surface area contributed by atoms with E-state index < -0.39 is 0 Å². The molecular formula is C17H24ClNO2. The Morgan fingerprint density at radius 2 is 2.05 bits per heavy atom. The summed E-state index contributed by atoms with van der Waals surface area (Å²) in [5.74, 6) is 0.903. The third-order valence-electron chi connectivity index (χ3n) is 4.40. The van der Waals surface area contributed by atoms with Crippen LogP contribution in [0.25, 0.3) is 0 Å². The summed E-state index contributed by atoms with van der Waals surface area (Å²) >= 11 is 5.89. The van der Waals surface area contributed by atoms with Crippen LogP contribution in [0.1, 0.15) is 51.9 Å². The van der Waals surface area contributed by atoms with Crippen LogP contribution in [0.3, 0.4) is 0 Å². The molecule has 3 nitrogen and oxygen atoms in total. The molecule has 1 amide bonds. The quantitative estimate of drug-likeness (QED) is 0.753. The number of amides is 1. The van der Waals surface area contributed by atoms with E-state index in [1.165, 1.54) is 25.3 Å². The van der Waals surface area contributed by atoms with Crippen LogP contribution in [-0.2, 0) is 4.79 Å². The molecule has 0 atom stereocenters. The van der Waals surface area contributed by atoms with E-state index in [0.29, 0.717) is 10.7 Å². The number of hydrogen-bond acceptors (Lipinski definition) is 2. The van der Waals surface area contributed by atoms with E-state index in [1.54, 1.807) is 12.1 Å². The number of carbonyl (C=O) groups excluding carboxylic acids is 1. The number of unbranched alkanes of at least 4 members (excludes halogenated alkanes) is 1. The van der Waals surface area contributed by atoms with E-state index in [4.69, 9.17) is 11.6 Å². The van der Waals surface area contributed by atoms with Crippen LogP contribution in [0.5, 0.6) is 5.75 Å². The Hall–Kier alpha value is -1.22. The molecule has 0 spiro atoms. The maximum Gasteiger partial charge on any atom is 0.227 e. The average Bonchev–Trinajstić information content (AvgIpc) is 2.49. The lowest BCUT2D eigenvalue weighted by Gasteiger charge is -2.27. The van der Waals surface area contributed by atoms with Crippen LogP contribution in [0, 0.1) is 11.8 Å². The van der Waals surface area contributed by atoms with Crippen LogP contribution < -0.4 is 5.32 Å². The normalized spacial score (nSPS) is 22.0. The number of phenols is 1. The van der Waals surface area contributed by atoms with Gasteiger partial charge in [-0.25, -0.2) is 0 Å². The first kappa shape index (κ1) is 16.2. The molecule has 1 aromatic carbocycles.